The lowest BCUT2D eigenvalue weighted by Gasteiger charge is -2.25. The Kier molecular flexibility index (Phi) is 3.88. The number of aliphatic hydroxyl groups excluding tert-OH is 1. The second kappa shape index (κ2) is 5.97. The zero-order valence-corrected chi connectivity index (χ0v) is 11.3. The average Bonchev–Trinajstić information content (AvgIpc) is 2.53. The van der Waals surface area contributed by atoms with Gasteiger partial charge in [0.15, 0.2) is 0 Å². The molecular weight excluding hydrogens is 252 g/mol. The van der Waals surface area contributed by atoms with Crippen LogP contribution in [-0.4, -0.2) is 17.8 Å². The van der Waals surface area contributed by atoms with Crippen LogP contribution < -0.4 is 9.47 Å². The predicted octanol–water partition coefficient (Wildman–Crippen LogP) is 2.95. The van der Waals surface area contributed by atoms with E-state index in [4.69, 9.17) is 9.47 Å². The Labute approximate surface area is 118 Å². The summed E-state index contributed by atoms with van der Waals surface area (Å²) in [6.45, 7) is 0.609. The molecule has 3 rings (SSSR count). The van der Waals surface area contributed by atoms with Gasteiger partial charge in [-0.1, -0.05) is 36.4 Å². The normalized spacial score (nSPS) is 17.1. The Balaban J connectivity index is 1.69. The van der Waals surface area contributed by atoms with Gasteiger partial charge in [0, 0.05) is 6.07 Å². The Morgan fingerprint density at radius 1 is 1.15 bits per heavy atom. The Hall–Kier alpha value is -2.00. The molecule has 0 fully saturated rings. The zero-order valence-electron chi connectivity index (χ0n) is 11.3. The molecule has 3 heteroatoms. The third-order valence-corrected chi connectivity index (χ3v) is 3.52. The lowest BCUT2D eigenvalue weighted by Crippen LogP contribution is -2.26. The van der Waals surface area contributed by atoms with E-state index >= 15 is 0 Å². The van der Waals surface area contributed by atoms with Crippen molar-refractivity contribution in [2.75, 3.05) is 6.61 Å². The second-order valence-electron chi connectivity index (χ2n) is 5.00. The van der Waals surface area contributed by atoms with Gasteiger partial charge in [-0.25, -0.2) is 0 Å². The molecule has 1 aliphatic heterocycles. The van der Waals surface area contributed by atoms with E-state index in [1.54, 1.807) is 0 Å². The van der Waals surface area contributed by atoms with Crippen LogP contribution in [0.3, 0.4) is 0 Å². The molecule has 2 aromatic rings. The minimum atomic E-state index is -0.0909. The van der Waals surface area contributed by atoms with Crippen LogP contribution in [0.2, 0.25) is 0 Å². The van der Waals surface area contributed by atoms with Crippen LogP contribution >= 0.6 is 0 Å². The zero-order chi connectivity index (χ0) is 13.8. The summed E-state index contributed by atoms with van der Waals surface area (Å²) in [5.41, 5.74) is 2.32. The molecule has 1 heterocycles. The number of hydrogen-bond donors (Lipinski definition) is 1. The first-order valence-electron chi connectivity index (χ1n) is 6.92. The van der Waals surface area contributed by atoms with E-state index in [1.165, 1.54) is 5.56 Å². The van der Waals surface area contributed by atoms with Gasteiger partial charge >= 0.3 is 0 Å². The molecule has 0 unspecified atom stereocenters. The van der Waals surface area contributed by atoms with Crippen LogP contribution in [0, 0.1) is 0 Å². The molecule has 0 bridgehead atoms. The summed E-state index contributed by atoms with van der Waals surface area (Å²) in [6, 6.07) is 16.0. The van der Waals surface area contributed by atoms with E-state index in [-0.39, 0.29) is 12.7 Å². The first kappa shape index (κ1) is 13.0. The molecule has 1 atom stereocenters. The Morgan fingerprint density at radius 2 is 2.00 bits per heavy atom. The van der Waals surface area contributed by atoms with Gasteiger partial charge in [0.1, 0.15) is 24.2 Å². The molecular formula is C17H18O3. The molecule has 104 valence electrons. The van der Waals surface area contributed by atoms with Crippen molar-refractivity contribution >= 4 is 0 Å². The molecule has 3 nitrogen and oxygen atoms in total. The van der Waals surface area contributed by atoms with Gasteiger partial charge in [-0.15, -0.1) is 0 Å². The molecule has 0 radical (unpaired) electrons. The van der Waals surface area contributed by atoms with Gasteiger partial charge in [-0.05, 0) is 30.0 Å². The third kappa shape index (κ3) is 2.94. The number of ether oxygens (including phenoxy) is 2. The lowest BCUT2D eigenvalue weighted by atomic mass is 10.0. The molecule has 20 heavy (non-hydrogen) atoms. The number of benzene rings is 2. The summed E-state index contributed by atoms with van der Waals surface area (Å²) in [4.78, 5) is 0. The van der Waals surface area contributed by atoms with E-state index in [9.17, 15) is 5.11 Å². The quantitative estimate of drug-likeness (QED) is 0.928. The van der Waals surface area contributed by atoms with E-state index in [2.05, 4.69) is 0 Å². The van der Waals surface area contributed by atoms with Crippen molar-refractivity contribution < 1.29 is 14.6 Å². The molecule has 0 saturated heterocycles. The van der Waals surface area contributed by atoms with Crippen LogP contribution in [-0.2, 0) is 13.0 Å². The number of aliphatic hydroxyl groups is 1. The maximum absolute atomic E-state index is 9.18. The fourth-order valence-electron chi connectivity index (χ4n) is 2.37. The Morgan fingerprint density at radius 3 is 2.80 bits per heavy atom. The van der Waals surface area contributed by atoms with Crippen LogP contribution in [0.1, 0.15) is 17.5 Å². The van der Waals surface area contributed by atoms with E-state index in [1.807, 2.05) is 48.5 Å². The summed E-state index contributed by atoms with van der Waals surface area (Å²) in [5, 5.41) is 9.18. The molecule has 0 aromatic heterocycles. The monoisotopic (exact) mass is 270 g/mol. The van der Waals surface area contributed by atoms with Gasteiger partial charge in [-0.2, -0.15) is 0 Å². The summed E-state index contributed by atoms with van der Waals surface area (Å²) < 4.78 is 11.5. The highest BCUT2D eigenvalue weighted by atomic mass is 16.5. The molecule has 2 aromatic carbocycles. The number of aryl methyl sites for hydroxylation is 1. The van der Waals surface area contributed by atoms with Crippen molar-refractivity contribution in [1.82, 2.24) is 0 Å². The van der Waals surface area contributed by atoms with Gasteiger partial charge in [0.25, 0.3) is 0 Å². The highest BCUT2D eigenvalue weighted by Crippen LogP contribution is 2.31. The summed E-state index contributed by atoms with van der Waals surface area (Å²) in [6.07, 6.45) is 1.72. The van der Waals surface area contributed by atoms with E-state index < -0.39 is 0 Å². The lowest BCUT2D eigenvalue weighted by molar-refractivity contribution is 0.0974. The van der Waals surface area contributed by atoms with Crippen molar-refractivity contribution in [3.8, 4) is 11.5 Å². The van der Waals surface area contributed by atoms with E-state index in [0.717, 1.165) is 29.9 Å². The summed E-state index contributed by atoms with van der Waals surface area (Å²) in [7, 11) is 0. The summed E-state index contributed by atoms with van der Waals surface area (Å²) in [5.74, 6) is 1.63. The Bertz CT molecular complexity index is 566. The maximum Gasteiger partial charge on any atom is 0.126 e. The molecule has 1 N–H and O–H groups in total. The highest BCUT2D eigenvalue weighted by Gasteiger charge is 2.19. The molecule has 0 saturated carbocycles. The molecule has 0 amide bonds. The fourth-order valence-corrected chi connectivity index (χ4v) is 2.37. The van der Waals surface area contributed by atoms with Crippen LogP contribution in [0.15, 0.2) is 48.5 Å². The standard InChI is InChI=1S/C17H18O3/c18-11-16-9-7-14-6-8-15(10-17(14)20-16)19-12-13-4-2-1-3-5-13/h1-6,8,10,16,18H,7,9,11-12H2/t16-/m1/s1. The summed E-state index contributed by atoms with van der Waals surface area (Å²) >= 11 is 0. The van der Waals surface area contributed by atoms with Gasteiger partial charge in [0.05, 0.1) is 6.61 Å². The van der Waals surface area contributed by atoms with Crippen LogP contribution in [0.25, 0.3) is 0 Å². The molecule has 1 aliphatic rings. The second-order valence-corrected chi connectivity index (χ2v) is 5.00. The molecule has 0 aliphatic carbocycles. The van der Waals surface area contributed by atoms with Crippen molar-refractivity contribution in [3.63, 3.8) is 0 Å². The maximum atomic E-state index is 9.18. The number of hydrogen-bond acceptors (Lipinski definition) is 3. The van der Waals surface area contributed by atoms with Crippen LogP contribution in [0.4, 0.5) is 0 Å². The van der Waals surface area contributed by atoms with Gasteiger partial charge < -0.3 is 14.6 Å². The SMILES string of the molecule is OC[C@H]1CCc2ccc(OCc3ccccc3)cc2O1. The van der Waals surface area contributed by atoms with Gasteiger partial charge in [0.2, 0.25) is 0 Å². The smallest absolute Gasteiger partial charge is 0.126 e. The average molecular weight is 270 g/mol. The minimum absolute atomic E-state index is 0.0640. The number of rotatable bonds is 4. The first-order chi connectivity index (χ1) is 9.85. The van der Waals surface area contributed by atoms with E-state index in [0.29, 0.717) is 6.61 Å². The fraction of sp³-hybridized carbons (Fsp3) is 0.294. The van der Waals surface area contributed by atoms with Crippen molar-refractivity contribution in [3.05, 3.63) is 59.7 Å². The molecule has 0 spiro atoms. The third-order valence-electron chi connectivity index (χ3n) is 3.52. The highest BCUT2D eigenvalue weighted by molar-refractivity contribution is 5.42. The topological polar surface area (TPSA) is 38.7 Å². The van der Waals surface area contributed by atoms with Gasteiger partial charge in [-0.3, -0.25) is 0 Å². The van der Waals surface area contributed by atoms with Crippen molar-refractivity contribution in [1.29, 1.82) is 0 Å². The minimum Gasteiger partial charge on any atom is -0.489 e. The predicted molar refractivity (Wildman–Crippen MR) is 77.0 cm³/mol. The van der Waals surface area contributed by atoms with Crippen LogP contribution in [0.5, 0.6) is 11.5 Å². The van der Waals surface area contributed by atoms with Crippen molar-refractivity contribution in [2.24, 2.45) is 0 Å². The van der Waals surface area contributed by atoms with Crippen molar-refractivity contribution in [2.45, 2.75) is 25.6 Å². The first-order valence-corrected chi connectivity index (χ1v) is 6.92. The largest absolute Gasteiger partial charge is 0.489 e. The number of fused-ring (bicyclic) bond motifs is 1.